The van der Waals surface area contributed by atoms with Gasteiger partial charge < -0.3 is 9.74 Å². The molecule has 3 nitrogen and oxygen atoms in total. The van der Waals surface area contributed by atoms with Crippen LogP contribution in [-0.2, 0) is 9.22 Å². The third kappa shape index (κ3) is 11.9. The molecule has 0 atom stereocenters. The van der Waals surface area contributed by atoms with E-state index >= 15 is 0 Å². The van der Waals surface area contributed by atoms with Crippen LogP contribution in [0.25, 0.3) is 0 Å². The molecule has 0 unspecified atom stereocenters. The summed E-state index contributed by atoms with van der Waals surface area (Å²) in [5, 5.41) is 3.41. The molecule has 0 aliphatic heterocycles. The van der Waals surface area contributed by atoms with Crippen LogP contribution in [0.4, 0.5) is 0 Å². The lowest BCUT2D eigenvalue weighted by atomic mass is 10.3. The van der Waals surface area contributed by atoms with Crippen molar-refractivity contribution in [3.05, 3.63) is 0 Å². The minimum Gasteiger partial charge on any atom is -0.520 e. The van der Waals surface area contributed by atoms with Crippen molar-refractivity contribution in [2.45, 2.75) is 52.1 Å². The van der Waals surface area contributed by atoms with Crippen molar-refractivity contribution in [3.8, 4) is 0 Å². The Hall–Kier alpha value is -0.136. The van der Waals surface area contributed by atoms with E-state index in [4.69, 9.17) is 4.43 Å². The standard InChI is InChI=1S/C11H27NO2Si2/c1-15(2,3)10-12-9-7-8-11(13)14-16(4,5)6/h12H,7-10H2,1-6H3. The normalized spacial score (nSPS) is 12.6. The van der Waals surface area contributed by atoms with Crippen LogP contribution >= 0.6 is 0 Å². The van der Waals surface area contributed by atoms with E-state index < -0.39 is 16.4 Å². The second kappa shape index (κ2) is 6.56. The fourth-order valence-electron chi connectivity index (χ4n) is 1.21. The molecule has 0 spiro atoms. The Morgan fingerprint density at radius 3 is 2.12 bits per heavy atom. The van der Waals surface area contributed by atoms with Crippen molar-refractivity contribution < 1.29 is 9.22 Å². The Kier molecular flexibility index (Phi) is 6.51. The second-order valence-corrected chi connectivity index (χ2v) is 16.3. The molecule has 0 fully saturated rings. The second-order valence-electron chi connectivity index (χ2n) is 6.43. The first-order valence-corrected chi connectivity index (χ1v) is 13.1. The van der Waals surface area contributed by atoms with Crippen LogP contribution in [0.15, 0.2) is 0 Å². The predicted molar refractivity (Wildman–Crippen MR) is 74.9 cm³/mol. The molecule has 5 heteroatoms. The monoisotopic (exact) mass is 261 g/mol. The zero-order valence-corrected chi connectivity index (χ0v) is 13.6. The van der Waals surface area contributed by atoms with E-state index in [-0.39, 0.29) is 5.97 Å². The Morgan fingerprint density at radius 1 is 1.12 bits per heavy atom. The van der Waals surface area contributed by atoms with Crippen LogP contribution in [-0.4, -0.2) is 35.1 Å². The Bertz CT molecular complexity index is 219. The molecule has 16 heavy (non-hydrogen) atoms. The van der Waals surface area contributed by atoms with Gasteiger partial charge in [-0.15, -0.1) is 0 Å². The van der Waals surface area contributed by atoms with Gasteiger partial charge in [-0.05, 0) is 38.8 Å². The zero-order chi connectivity index (χ0) is 12.8. The Morgan fingerprint density at radius 2 is 1.69 bits per heavy atom. The van der Waals surface area contributed by atoms with Crippen molar-refractivity contribution in [1.82, 2.24) is 5.32 Å². The summed E-state index contributed by atoms with van der Waals surface area (Å²) in [6.45, 7) is 14.0. The van der Waals surface area contributed by atoms with Gasteiger partial charge in [0.05, 0.1) is 8.07 Å². The molecular formula is C11H27NO2Si2. The molecule has 0 saturated heterocycles. The summed E-state index contributed by atoms with van der Waals surface area (Å²) < 4.78 is 5.37. The molecule has 96 valence electrons. The third-order valence-corrected chi connectivity index (χ3v) is 3.96. The van der Waals surface area contributed by atoms with Crippen molar-refractivity contribution in [3.63, 3.8) is 0 Å². The lowest BCUT2D eigenvalue weighted by molar-refractivity contribution is -0.135. The number of rotatable bonds is 7. The van der Waals surface area contributed by atoms with Crippen LogP contribution in [0.2, 0.25) is 39.3 Å². The van der Waals surface area contributed by atoms with Crippen LogP contribution < -0.4 is 5.32 Å². The summed E-state index contributed by atoms with van der Waals surface area (Å²) in [6.07, 6.45) is 2.55. The van der Waals surface area contributed by atoms with Crippen molar-refractivity contribution >= 4 is 22.4 Å². The third-order valence-electron chi connectivity index (χ3n) is 1.81. The Balaban J connectivity index is 3.50. The smallest absolute Gasteiger partial charge is 0.292 e. The van der Waals surface area contributed by atoms with E-state index in [1.54, 1.807) is 0 Å². The summed E-state index contributed by atoms with van der Waals surface area (Å²) in [7, 11) is -2.67. The van der Waals surface area contributed by atoms with Gasteiger partial charge >= 0.3 is 0 Å². The molecule has 0 aromatic rings. The van der Waals surface area contributed by atoms with Crippen LogP contribution in [0, 0.1) is 0 Å². The van der Waals surface area contributed by atoms with E-state index in [0.717, 1.165) is 19.1 Å². The fraction of sp³-hybridized carbons (Fsp3) is 0.909. The molecule has 0 radical (unpaired) electrons. The average Bonchev–Trinajstić information content (AvgIpc) is 1.97. The van der Waals surface area contributed by atoms with Gasteiger partial charge in [-0.25, -0.2) is 0 Å². The van der Waals surface area contributed by atoms with Crippen molar-refractivity contribution in [2.75, 3.05) is 12.7 Å². The quantitative estimate of drug-likeness (QED) is 0.565. The minimum atomic E-state index is -1.68. The van der Waals surface area contributed by atoms with E-state index in [2.05, 4.69) is 25.0 Å². The SMILES string of the molecule is C[Si](C)(C)CNCCCC(=O)O[Si](C)(C)C. The summed E-state index contributed by atoms with van der Waals surface area (Å²) in [5.41, 5.74) is 0. The van der Waals surface area contributed by atoms with Gasteiger partial charge in [0.2, 0.25) is 8.32 Å². The molecule has 0 aliphatic rings. The zero-order valence-electron chi connectivity index (χ0n) is 11.6. The lowest BCUT2D eigenvalue weighted by Gasteiger charge is -2.18. The molecule has 0 amide bonds. The maximum atomic E-state index is 11.4. The summed E-state index contributed by atoms with van der Waals surface area (Å²) >= 11 is 0. The van der Waals surface area contributed by atoms with Crippen molar-refractivity contribution in [1.29, 1.82) is 0 Å². The number of carbonyl (C=O) groups is 1. The molecule has 0 bridgehead atoms. The van der Waals surface area contributed by atoms with Gasteiger partial charge in [0.25, 0.3) is 5.97 Å². The molecule has 0 rings (SSSR count). The first kappa shape index (κ1) is 15.9. The highest BCUT2D eigenvalue weighted by atomic mass is 28.4. The van der Waals surface area contributed by atoms with Gasteiger partial charge in [0, 0.05) is 6.42 Å². The molecule has 0 aromatic carbocycles. The van der Waals surface area contributed by atoms with Crippen LogP contribution in [0.1, 0.15) is 12.8 Å². The maximum Gasteiger partial charge on any atom is 0.292 e. The first-order valence-electron chi connectivity index (χ1n) is 6.03. The molecule has 0 heterocycles. The highest BCUT2D eigenvalue weighted by Crippen LogP contribution is 2.05. The highest BCUT2D eigenvalue weighted by molar-refractivity contribution is 6.76. The number of nitrogens with one attached hydrogen (secondary N) is 1. The average molecular weight is 262 g/mol. The molecular weight excluding hydrogens is 234 g/mol. The first-order chi connectivity index (χ1) is 7.10. The molecule has 0 saturated carbocycles. The molecule has 0 aliphatic carbocycles. The number of carbonyl (C=O) groups excluding carboxylic acids is 1. The van der Waals surface area contributed by atoms with Gasteiger partial charge in [-0.2, -0.15) is 0 Å². The molecule has 1 N–H and O–H groups in total. The van der Waals surface area contributed by atoms with Gasteiger partial charge in [0.15, 0.2) is 0 Å². The van der Waals surface area contributed by atoms with E-state index in [9.17, 15) is 4.79 Å². The van der Waals surface area contributed by atoms with Gasteiger partial charge in [-0.3, -0.25) is 4.79 Å². The largest absolute Gasteiger partial charge is 0.520 e. The minimum absolute atomic E-state index is 0.0334. The number of hydrogen-bond acceptors (Lipinski definition) is 3. The highest BCUT2D eigenvalue weighted by Gasteiger charge is 2.19. The maximum absolute atomic E-state index is 11.4. The number of hydrogen-bond donors (Lipinski definition) is 1. The summed E-state index contributed by atoms with van der Waals surface area (Å²) in [5.74, 6) is -0.0334. The van der Waals surface area contributed by atoms with E-state index in [0.29, 0.717) is 6.42 Å². The lowest BCUT2D eigenvalue weighted by Crippen LogP contribution is -2.37. The van der Waals surface area contributed by atoms with E-state index in [1.165, 1.54) is 0 Å². The van der Waals surface area contributed by atoms with Gasteiger partial charge in [0.1, 0.15) is 0 Å². The van der Waals surface area contributed by atoms with E-state index in [1.807, 2.05) is 19.6 Å². The molecule has 0 aromatic heterocycles. The topological polar surface area (TPSA) is 38.3 Å². The Labute approximate surface area is 102 Å². The fourth-order valence-corrected chi connectivity index (χ4v) is 2.93. The van der Waals surface area contributed by atoms with Crippen molar-refractivity contribution in [2.24, 2.45) is 0 Å². The van der Waals surface area contributed by atoms with Crippen LogP contribution in [0.3, 0.4) is 0 Å². The summed E-state index contributed by atoms with van der Waals surface area (Å²) in [4.78, 5) is 11.4. The predicted octanol–water partition coefficient (Wildman–Crippen LogP) is 2.61. The summed E-state index contributed by atoms with van der Waals surface area (Å²) in [6, 6.07) is 0. The van der Waals surface area contributed by atoms with Gasteiger partial charge in [-0.1, -0.05) is 19.6 Å². The van der Waals surface area contributed by atoms with Crippen LogP contribution in [0.5, 0.6) is 0 Å².